The molecular weight excluding hydrogens is 1640 g/mol. The van der Waals surface area contributed by atoms with Crippen molar-refractivity contribution in [1.29, 1.82) is 0 Å². The number of hydrogen-bond acceptors (Lipinski definition) is 12. The number of hydrogen-bond donors (Lipinski definition) is 0. The van der Waals surface area contributed by atoms with Crippen molar-refractivity contribution in [2.75, 3.05) is 39.6 Å². The minimum atomic E-state index is -4.14. The van der Waals surface area contributed by atoms with E-state index < -0.39 is 23.5 Å². The van der Waals surface area contributed by atoms with Gasteiger partial charge in [0.2, 0.25) is 0 Å². The smallest absolute Gasteiger partial charge is 0.756 e. The Balaban J connectivity index is -0.000000867. The van der Waals surface area contributed by atoms with Gasteiger partial charge < -0.3 is 41.8 Å². The third-order valence-corrected chi connectivity index (χ3v) is 26.4. The van der Waals surface area contributed by atoms with Crippen molar-refractivity contribution >= 4 is 23.5 Å². The Morgan fingerprint density at radius 1 is 0.145 bits per heavy atom. The Kier molecular flexibility index (Phi) is 120. The van der Waals surface area contributed by atoms with Crippen molar-refractivity contribution in [2.24, 2.45) is 0 Å². The van der Waals surface area contributed by atoms with Gasteiger partial charge in [-0.05, 0) is 193 Å². The van der Waals surface area contributed by atoms with Gasteiger partial charge in [0.1, 0.15) is 0 Å². The molecule has 12 nitrogen and oxygen atoms in total. The minimum absolute atomic E-state index is 0. The second-order valence-electron chi connectivity index (χ2n) is 36.0. The standard InChI is InChI=1S/3C36H71O4P.Fe/c3*1-3-5-7-9-11-13-15-17-19-21-23-25-27-29-31-33-35-39-41(37,38)40-36-34-32-30-28-26-24-22-20-18-16-14-12-10-8-6-4-2;/h3*17-20H,3-16,21-36H2,1-2H3,(H,37,38);/q;;;+3/p-3/b3*19-17-,20-18-;. The van der Waals surface area contributed by atoms with E-state index in [0.29, 0.717) is 0 Å². The number of unbranched alkanes of at least 4 members (excludes halogenated alkanes) is 72. The van der Waals surface area contributed by atoms with Crippen LogP contribution in [0.1, 0.15) is 581 Å². The molecule has 0 fully saturated rings. The molecule has 0 aliphatic rings. The summed E-state index contributed by atoms with van der Waals surface area (Å²) in [5.74, 6) is 0. The molecule has 737 valence electrons. The van der Waals surface area contributed by atoms with E-state index in [1.165, 1.54) is 424 Å². The normalized spacial score (nSPS) is 12.3. The van der Waals surface area contributed by atoms with Crippen LogP contribution >= 0.6 is 23.5 Å². The number of allylic oxidation sites excluding steroid dienone is 12. The fraction of sp³-hybridized carbons (Fsp3) is 0.889. The average molecular weight is 1850 g/mol. The van der Waals surface area contributed by atoms with Gasteiger partial charge in [0.25, 0.3) is 23.5 Å². The van der Waals surface area contributed by atoms with Crippen LogP contribution in [0.4, 0.5) is 0 Å². The molecule has 0 N–H and O–H groups in total. The van der Waals surface area contributed by atoms with Crippen LogP contribution in [0.15, 0.2) is 72.9 Å². The van der Waals surface area contributed by atoms with E-state index in [-0.39, 0.29) is 56.7 Å². The van der Waals surface area contributed by atoms with Gasteiger partial charge in [-0.1, -0.05) is 461 Å². The molecule has 0 bridgehead atoms. The Bertz CT molecular complexity index is 1920. The van der Waals surface area contributed by atoms with Crippen molar-refractivity contribution in [3.63, 3.8) is 0 Å². The zero-order valence-corrected chi connectivity index (χ0v) is 86.9. The number of rotatable bonds is 102. The van der Waals surface area contributed by atoms with Crippen molar-refractivity contribution in [1.82, 2.24) is 0 Å². The van der Waals surface area contributed by atoms with Crippen LogP contribution in [0.25, 0.3) is 0 Å². The van der Waals surface area contributed by atoms with E-state index >= 15 is 0 Å². The van der Waals surface area contributed by atoms with Crippen molar-refractivity contribution in [2.45, 2.75) is 581 Å². The maximum Gasteiger partial charge on any atom is 3.00 e. The Hall–Kier alpha value is -0.711. The zero-order valence-electron chi connectivity index (χ0n) is 83.2. The first kappa shape index (κ1) is 130. The average Bonchev–Trinajstić information content (AvgIpc) is 0.950. The van der Waals surface area contributed by atoms with Gasteiger partial charge >= 0.3 is 17.1 Å². The summed E-state index contributed by atoms with van der Waals surface area (Å²) in [5, 5.41) is 0. The van der Waals surface area contributed by atoms with Gasteiger partial charge in [0, 0.05) is 0 Å². The monoisotopic (exact) mass is 1850 g/mol. The molecule has 0 aromatic rings. The molecule has 0 amide bonds. The van der Waals surface area contributed by atoms with Crippen LogP contribution in [0.2, 0.25) is 0 Å². The van der Waals surface area contributed by atoms with Gasteiger partial charge in [-0.2, -0.15) is 0 Å². The van der Waals surface area contributed by atoms with Crippen molar-refractivity contribution < 1.29 is 72.6 Å². The van der Waals surface area contributed by atoms with Gasteiger partial charge in [0.05, 0.1) is 39.6 Å². The third kappa shape index (κ3) is 123. The van der Waals surface area contributed by atoms with Crippen LogP contribution in [-0.2, 0) is 57.9 Å². The second-order valence-corrected chi connectivity index (χ2v) is 40.2. The first-order valence-electron chi connectivity index (χ1n) is 54.1. The van der Waals surface area contributed by atoms with Crippen LogP contribution in [0.5, 0.6) is 0 Å². The van der Waals surface area contributed by atoms with E-state index in [1.54, 1.807) is 0 Å². The summed E-state index contributed by atoms with van der Waals surface area (Å²) in [7, 11) is -12.4. The van der Waals surface area contributed by atoms with Gasteiger partial charge in [-0.15, -0.1) is 0 Å². The molecule has 0 aliphatic heterocycles. The molecule has 0 unspecified atom stereocenters. The van der Waals surface area contributed by atoms with E-state index in [1.807, 2.05) is 0 Å². The predicted molar refractivity (Wildman–Crippen MR) is 535 cm³/mol. The molecule has 0 aromatic heterocycles. The molecule has 0 rings (SSSR count). The SMILES string of the molecule is CCCCCCCC/C=C\CCCCCCCCOP(=O)([O-])OCCCCCCCC/C=C\CCCCCCCC.CCCCCCCC/C=C\CCCCCCCCOP(=O)([O-])OCCCCCCCC/C=C\CCCCCCCC.CCCCCCCC/C=C\CCCCCCCCOP(=O)([O-])OCCCCCCCC/C=C\CCCCCCCC.[Fe+3]. The molecule has 0 aromatic carbocycles. The third-order valence-electron chi connectivity index (χ3n) is 23.4. The Morgan fingerprint density at radius 2 is 0.226 bits per heavy atom. The van der Waals surface area contributed by atoms with Crippen molar-refractivity contribution in [3.05, 3.63) is 72.9 Å². The molecular formula is C108H210FeO12P3. The summed E-state index contributed by atoms with van der Waals surface area (Å²) in [6.45, 7) is 15.1. The molecule has 0 heterocycles. The second kappa shape index (κ2) is 115. The van der Waals surface area contributed by atoms with Crippen LogP contribution in [0.3, 0.4) is 0 Å². The minimum Gasteiger partial charge on any atom is -0.756 e. The largest absolute Gasteiger partial charge is 3.00 e. The van der Waals surface area contributed by atoms with Gasteiger partial charge in [-0.3, -0.25) is 13.7 Å². The zero-order chi connectivity index (χ0) is 89.9. The maximum absolute atomic E-state index is 11.9. The predicted octanol–water partition coefficient (Wildman–Crippen LogP) is 37.7. The first-order valence-corrected chi connectivity index (χ1v) is 58.4. The molecule has 124 heavy (non-hydrogen) atoms. The van der Waals surface area contributed by atoms with Crippen LogP contribution in [0, 0.1) is 0 Å². The fourth-order valence-corrected chi connectivity index (χ4v) is 17.6. The molecule has 0 saturated carbocycles. The summed E-state index contributed by atoms with van der Waals surface area (Å²) < 4.78 is 66.0. The number of phosphoric ester groups is 3. The molecule has 0 saturated heterocycles. The Labute approximate surface area is 784 Å². The van der Waals surface area contributed by atoms with E-state index in [9.17, 15) is 28.4 Å². The summed E-state index contributed by atoms with van der Waals surface area (Å²) in [6.07, 6.45) is 132. The molecule has 1 radical (unpaired) electrons. The van der Waals surface area contributed by atoms with E-state index in [2.05, 4.69) is 114 Å². The molecule has 0 aliphatic carbocycles. The quantitative estimate of drug-likeness (QED) is 0.0244. The maximum atomic E-state index is 11.9. The summed E-state index contributed by atoms with van der Waals surface area (Å²) >= 11 is 0. The molecule has 0 atom stereocenters. The van der Waals surface area contributed by atoms with Gasteiger partial charge in [0.15, 0.2) is 0 Å². The Morgan fingerprint density at radius 3 is 0.323 bits per heavy atom. The summed E-state index contributed by atoms with van der Waals surface area (Å²) in [6, 6.07) is 0. The van der Waals surface area contributed by atoms with Gasteiger partial charge in [-0.25, -0.2) is 0 Å². The summed E-state index contributed by atoms with van der Waals surface area (Å²) in [5.41, 5.74) is 0. The first-order chi connectivity index (χ1) is 60.4. The number of phosphoric acid groups is 3. The van der Waals surface area contributed by atoms with E-state index in [0.717, 1.165) is 116 Å². The summed E-state index contributed by atoms with van der Waals surface area (Å²) in [4.78, 5) is 35.8. The molecule has 16 heteroatoms. The van der Waals surface area contributed by atoms with Crippen LogP contribution < -0.4 is 14.7 Å². The van der Waals surface area contributed by atoms with E-state index in [4.69, 9.17) is 27.1 Å². The van der Waals surface area contributed by atoms with Crippen molar-refractivity contribution in [3.8, 4) is 0 Å². The van der Waals surface area contributed by atoms with Crippen LogP contribution in [-0.4, -0.2) is 39.6 Å². The molecule has 0 spiro atoms. The fourth-order valence-electron chi connectivity index (χ4n) is 15.3. The topological polar surface area (TPSA) is 176 Å².